The molecule has 1 aliphatic heterocycles. The molecular weight excluding hydrogens is 259 g/mol. The van der Waals surface area contributed by atoms with E-state index in [-0.39, 0.29) is 12.4 Å². The van der Waals surface area contributed by atoms with Crippen molar-refractivity contribution in [1.29, 1.82) is 0 Å². The second-order valence-electron chi connectivity index (χ2n) is 6.13. The molecule has 0 spiro atoms. The number of rotatable bonds is 1. The Morgan fingerprint density at radius 1 is 1.33 bits per heavy atom. The molecule has 2 aliphatic rings. The third-order valence-electron chi connectivity index (χ3n) is 3.61. The van der Waals surface area contributed by atoms with Crippen LogP contribution in [0.4, 0.5) is 9.18 Å². The van der Waals surface area contributed by atoms with E-state index in [4.69, 9.17) is 4.74 Å². The molecule has 0 aromatic heterocycles. The van der Waals surface area contributed by atoms with Crippen LogP contribution >= 0.6 is 12.4 Å². The normalized spacial score (nSPS) is 34.7. The van der Waals surface area contributed by atoms with Gasteiger partial charge in [-0.15, -0.1) is 12.4 Å². The molecule has 1 heterocycles. The number of amides is 1. The van der Waals surface area contributed by atoms with Gasteiger partial charge < -0.3 is 15.4 Å². The zero-order valence-electron chi connectivity index (χ0n) is 11.1. The Morgan fingerprint density at radius 3 is 2.61 bits per heavy atom. The highest BCUT2D eigenvalue weighted by atomic mass is 35.5. The third kappa shape index (κ3) is 2.72. The largest absolute Gasteiger partial charge is 0.444 e. The van der Waals surface area contributed by atoms with Crippen molar-refractivity contribution in [3.05, 3.63) is 0 Å². The van der Waals surface area contributed by atoms with Crippen LogP contribution in [-0.2, 0) is 4.74 Å². The maximum Gasteiger partial charge on any atom is 0.408 e. The minimum absolute atomic E-state index is 0. The van der Waals surface area contributed by atoms with Crippen molar-refractivity contribution in [1.82, 2.24) is 10.6 Å². The number of carbonyl (C=O) groups is 1. The lowest BCUT2D eigenvalue weighted by atomic mass is 9.88. The molecule has 0 aromatic carbocycles. The summed E-state index contributed by atoms with van der Waals surface area (Å²) in [5.41, 5.74) is -2.64. The first-order valence-electron chi connectivity index (χ1n) is 6.17. The second kappa shape index (κ2) is 4.85. The fourth-order valence-corrected chi connectivity index (χ4v) is 2.83. The number of carbonyl (C=O) groups excluding carboxylic acids is 1. The monoisotopic (exact) mass is 280 g/mol. The molecule has 0 bridgehead atoms. The van der Waals surface area contributed by atoms with E-state index >= 15 is 0 Å². The molecule has 6 heteroatoms. The minimum atomic E-state index is -1.32. The van der Waals surface area contributed by atoms with Gasteiger partial charge in [-0.05, 0) is 40.0 Å². The van der Waals surface area contributed by atoms with Crippen LogP contribution in [0.5, 0.6) is 0 Å². The van der Waals surface area contributed by atoms with Crippen LogP contribution < -0.4 is 10.6 Å². The molecule has 1 amide bonds. The molecule has 4 nitrogen and oxygen atoms in total. The van der Waals surface area contributed by atoms with Gasteiger partial charge >= 0.3 is 6.09 Å². The topological polar surface area (TPSA) is 50.4 Å². The van der Waals surface area contributed by atoms with E-state index < -0.39 is 22.9 Å². The molecule has 2 atom stereocenters. The summed E-state index contributed by atoms with van der Waals surface area (Å²) in [6.07, 6.45) is 1.48. The number of hydrogen-bond donors (Lipinski definition) is 2. The summed E-state index contributed by atoms with van der Waals surface area (Å²) in [5.74, 6) is 0. The van der Waals surface area contributed by atoms with Gasteiger partial charge in [0.2, 0.25) is 0 Å². The third-order valence-corrected chi connectivity index (χ3v) is 3.61. The van der Waals surface area contributed by atoms with Gasteiger partial charge in [0.1, 0.15) is 11.3 Å². The second-order valence-corrected chi connectivity index (χ2v) is 6.13. The summed E-state index contributed by atoms with van der Waals surface area (Å²) in [5, 5.41) is 5.78. The number of nitrogens with one attached hydrogen (secondary N) is 2. The fourth-order valence-electron chi connectivity index (χ4n) is 2.83. The summed E-state index contributed by atoms with van der Waals surface area (Å²) in [6.45, 7) is 6.21. The van der Waals surface area contributed by atoms with E-state index in [2.05, 4.69) is 10.6 Å². The lowest BCUT2D eigenvalue weighted by molar-refractivity contribution is 0.0333. The summed E-state index contributed by atoms with van der Waals surface area (Å²) in [4.78, 5) is 11.8. The molecular formula is C12H22ClFN2O2. The fraction of sp³-hybridized carbons (Fsp3) is 0.917. The average Bonchev–Trinajstić information content (AvgIpc) is 2.53. The van der Waals surface area contributed by atoms with Crippen LogP contribution in [-0.4, -0.2) is 36.0 Å². The van der Waals surface area contributed by atoms with Gasteiger partial charge in [-0.25, -0.2) is 9.18 Å². The Balaban J connectivity index is 0.00000162. The summed E-state index contributed by atoms with van der Waals surface area (Å²) in [6, 6.07) is 0. The predicted molar refractivity (Wildman–Crippen MR) is 69.9 cm³/mol. The van der Waals surface area contributed by atoms with E-state index in [9.17, 15) is 9.18 Å². The van der Waals surface area contributed by atoms with Crippen LogP contribution in [0.3, 0.4) is 0 Å². The Kier molecular flexibility index (Phi) is 4.18. The molecule has 2 rings (SSSR count). The van der Waals surface area contributed by atoms with Gasteiger partial charge in [0, 0.05) is 13.1 Å². The number of fused-ring (bicyclic) bond motifs is 1. The summed E-state index contributed by atoms with van der Waals surface area (Å²) >= 11 is 0. The highest BCUT2D eigenvalue weighted by Crippen LogP contribution is 2.44. The van der Waals surface area contributed by atoms with Gasteiger partial charge in [0.05, 0.1) is 5.54 Å². The Morgan fingerprint density at radius 2 is 2.00 bits per heavy atom. The number of halogens is 2. The van der Waals surface area contributed by atoms with Crippen LogP contribution in [0.25, 0.3) is 0 Å². The van der Waals surface area contributed by atoms with Crippen molar-refractivity contribution in [3.63, 3.8) is 0 Å². The van der Waals surface area contributed by atoms with Crippen LogP contribution in [0.2, 0.25) is 0 Å². The number of alkyl halides is 1. The van der Waals surface area contributed by atoms with Crippen molar-refractivity contribution in [3.8, 4) is 0 Å². The molecule has 1 aliphatic carbocycles. The lowest BCUT2D eigenvalue weighted by Crippen LogP contribution is -2.59. The summed E-state index contributed by atoms with van der Waals surface area (Å²) in [7, 11) is 0. The van der Waals surface area contributed by atoms with Crippen LogP contribution in [0.15, 0.2) is 0 Å². The summed E-state index contributed by atoms with van der Waals surface area (Å²) < 4.78 is 19.8. The first-order chi connectivity index (χ1) is 7.77. The first-order valence-corrected chi connectivity index (χ1v) is 6.17. The van der Waals surface area contributed by atoms with Crippen molar-refractivity contribution in [2.45, 2.75) is 56.8 Å². The minimum Gasteiger partial charge on any atom is -0.444 e. The van der Waals surface area contributed by atoms with E-state index in [0.29, 0.717) is 25.9 Å². The van der Waals surface area contributed by atoms with E-state index in [1.807, 2.05) is 0 Å². The maximum absolute atomic E-state index is 14.6. The molecule has 0 aromatic rings. The molecule has 106 valence electrons. The van der Waals surface area contributed by atoms with E-state index in [1.54, 1.807) is 20.8 Å². The van der Waals surface area contributed by atoms with Crippen molar-refractivity contribution in [2.24, 2.45) is 0 Å². The molecule has 1 saturated heterocycles. The van der Waals surface area contributed by atoms with E-state index in [1.165, 1.54) is 0 Å². The van der Waals surface area contributed by atoms with Gasteiger partial charge in [-0.1, -0.05) is 0 Å². The predicted octanol–water partition coefficient (Wildman–Crippen LogP) is 2.17. The first kappa shape index (κ1) is 15.5. The highest BCUT2D eigenvalue weighted by molar-refractivity contribution is 5.85. The van der Waals surface area contributed by atoms with Crippen molar-refractivity contribution >= 4 is 18.5 Å². The van der Waals surface area contributed by atoms with Gasteiger partial charge in [0.25, 0.3) is 0 Å². The molecule has 2 N–H and O–H groups in total. The zero-order valence-corrected chi connectivity index (χ0v) is 12.0. The molecule has 0 unspecified atom stereocenters. The Hall–Kier alpha value is -0.550. The molecule has 0 radical (unpaired) electrons. The van der Waals surface area contributed by atoms with Gasteiger partial charge in [-0.2, -0.15) is 0 Å². The van der Waals surface area contributed by atoms with Crippen molar-refractivity contribution in [2.75, 3.05) is 13.1 Å². The highest BCUT2D eigenvalue weighted by Gasteiger charge is 2.60. The molecule has 1 saturated carbocycles. The zero-order chi connectivity index (χ0) is 12.7. The maximum atomic E-state index is 14.6. The number of hydrogen-bond acceptors (Lipinski definition) is 3. The van der Waals surface area contributed by atoms with Gasteiger partial charge in [0.15, 0.2) is 0 Å². The quantitative estimate of drug-likeness (QED) is 0.774. The molecule has 18 heavy (non-hydrogen) atoms. The smallest absolute Gasteiger partial charge is 0.408 e. The lowest BCUT2D eigenvalue weighted by Gasteiger charge is -2.34. The molecule has 2 fully saturated rings. The van der Waals surface area contributed by atoms with Crippen molar-refractivity contribution < 1.29 is 13.9 Å². The number of alkyl carbamates (subject to hydrolysis) is 1. The standard InChI is InChI=1S/C12H21FN2O2.ClH/c1-10(2,3)17-9(16)15-12-6-4-5-11(12,13)7-14-8-12;/h14H,4-8H2,1-3H3,(H,15,16);1H/t11-,12+;/m1./s1. The van der Waals surface area contributed by atoms with E-state index in [0.717, 1.165) is 6.42 Å². The van der Waals surface area contributed by atoms with Crippen LogP contribution in [0.1, 0.15) is 40.0 Å². The Labute approximate surface area is 113 Å². The Bertz CT molecular complexity index is 321. The number of ether oxygens (including phenoxy) is 1. The SMILES string of the molecule is CC(C)(C)OC(=O)N[C@]12CCC[C@@]1(F)CNC2.Cl. The average molecular weight is 281 g/mol. The van der Waals surface area contributed by atoms with Gasteiger partial charge in [-0.3, -0.25) is 0 Å². The van der Waals surface area contributed by atoms with Crippen LogP contribution in [0, 0.1) is 0 Å².